The van der Waals surface area contributed by atoms with E-state index in [0.717, 1.165) is 23.4 Å². The maximum absolute atomic E-state index is 12.6. The van der Waals surface area contributed by atoms with Crippen molar-refractivity contribution in [3.05, 3.63) is 50.4 Å². The molecule has 2 aliphatic rings. The minimum atomic E-state index is -0.0583. The minimum absolute atomic E-state index is 0.0583. The average molecular weight is 405 g/mol. The quantitative estimate of drug-likeness (QED) is 0.816. The van der Waals surface area contributed by atoms with Crippen molar-refractivity contribution in [2.45, 2.75) is 45.6 Å². The van der Waals surface area contributed by atoms with Crippen LogP contribution < -0.4 is 10.5 Å². The van der Waals surface area contributed by atoms with Crippen molar-refractivity contribution in [3.63, 3.8) is 0 Å². The molecule has 28 heavy (non-hydrogen) atoms. The Bertz CT molecular complexity index is 922. The molecule has 0 spiro atoms. The van der Waals surface area contributed by atoms with Crippen LogP contribution >= 0.6 is 11.6 Å². The number of H-pyrrole nitrogens is 1. The predicted octanol–water partition coefficient (Wildman–Crippen LogP) is 2.30. The van der Waals surface area contributed by atoms with Crippen molar-refractivity contribution in [2.24, 2.45) is 0 Å². The van der Waals surface area contributed by atoms with E-state index >= 15 is 0 Å². The monoisotopic (exact) mass is 404 g/mol. The highest BCUT2D eigenvalue weighted by atomic mass is 35.5. The number of rotatable bonds is 3. The molecule has 0 aliphatic carbocycles. The molecule has 0 radical (unpaired) electrons. The number of phenolic OH excluding ortho intramolecular Hbond substituents is 1. The summed E-state index contributed by atoms with van der Waals surface area (Å²) >= 11 is 6.06. The fourth-order valence-electron chi connectivity index (χ4n) is 4.04. The molecule has 1 aromatic heterocycles. The van der Waals surface area contributed by atoms with Crippen LogP contribution in [0, 0.1) is 0 Å². The first kappa shape index (κ1) is 19.2. The first-order chi connectivity index (χ1) is 13.4. The fourth-order valence-corrected chi connectivity index (χ4v) is 4.23. The molecule has 2 atom stereocenters. The van der Waals surface area contributed by atoms with E-state index in [9.17, 15) is 9.90 Å². The summed E-state index contributed by atoms with van der Waals surface area (Å²) in [6.45, 7) is 7.30. The highest BCUT2D eigenvalue weighted by Gasteiger charge is 2.27. The first-order valence-electron chi connectivity index (χ1n) is 9.61. The SMILES string of the molecule is C[C@H]1CN(c2nc3c(c(=O)[nH]2)CCN(Cc2cc(Cl)ccc2O)C3)C[C@H](C)O1. The number of aromatic hydroxyl groups is 1. The van der Waals surface area contributed by atoms with Crippen LogP contribution in [0.1, 0.15) is 30.7 Å². The van der Waals surface area contributed by atoms with Crippen molar-refractivity contribution < 1.29 is 9.84 Å². The molecule has 2 aromatic rings. The van der Waals surface area contributed by atoms with Crippen LogP contribution in [0.5, 0.6) is 5.75 Å². The Kier molecular flexibility index (Phi) is 5.31. The second-order valence-corrected chi connectivity index (χ2v) is 8.15. The van der Waals surface area contributed by atoms with Gasteiger partial charge < -0.3 is 14.7 Å². The van der Waals surface area contributed by atoms with Gasteiger partial charge in [-0.2, -0.15) is 0 Å². The third-order valence-corrected chi connectivity index (χ3v) is 5.53. The lowest BCUT2D eigenvalue weighted by Crippen LogP contribution is -2.47. The van der Waals surface area contributed by atoms with Gasteiger partial charge in [-0.05, 0) is 38.5 Å². The summed E-state index contributed by atoms with van der Waals surface area (Å²) in [4.78, 5) is 24.6. The molecule has 7 nitrogen and oxygen atoms in total. The lowest BCUT2D eigenvalue weighted by Gasteiger charge is -2.36. The number of nitrogens with one attached hydrogen (secondary N) is 1. The van der Waals surface area contributed by atoms with E-state index in [0.29, 0.717) is 43.6 Å². The molecule has 1 aromatic carbocycles. The number of nitrogens with zero attached hydrogens (tertiary/aromatic N) is 3. The lowest BCUT2D eigenvalue weighted by molar-refractivity contribution is -0.00576. The van der Waals surface area contributed by atoms with Crippen LogP contribution in [0.3, 0.4) is 0 Å². The molecular formula is C20H25ClN4O3. The molecule has 3 heterocycles. The van der Waals surface area contributed by atoms with E-state index < -0.39 is 0 Å². The van der Waals surface area contributed by atoms with Crippen molar-refractivity contribution >= 4 is 17.5 Å². The predicted molar refractivity (Wildman–Crippen MR) is 108 cm³/mol. The lowest BCUT2D eigenvalue weighted by atomic mass is 10.1. The normalized spacial score (nSPS) is 22.9. The fraction of sp³-hybridized carbons (Fsp3) is 0.500. The molecule has 0 amide bonds. The molecule has 2 aliphatic heterocycles. The molecule has 8 heteroatoms. The zero-order valence-electron chi connectivity index (χ0n) is 16.1. The highest BCUT2D eigenvalue weighted by Crippen LogP contribution is 2.25. The number of phenols is 1. The van der Waals surface area contributed by atoms with Gasteiger partial charge in [-0.1, -0.05) is 11.6 Å². The number of morpholine rings is 1. The second-order valence-electron chi connectivity index (χ2n) is 7.71. The van der Waals surface area contributed by atoms with E-state index in [4.69, 9.17) is 21.3 Å². The zero-order chi connectivity index (χ0) is 19.8. The Morgan fingerprint density at radius 2 is 2.07 bits per heavy atom. The van der Waals surface area contributed by atoms with Gasteiger partial charge in [-0.15, -0.1) is 0 Å². The smallest absolute Gasteiger partial charge is 0.255 e. The summed E-state index contributed by atoms with van der Waals surface area (Å²) in [7, 11) is 0. The van der Waals surface area contributed by atoms with E-state index in [1.807, 2.05) is 13.8 Å². The molecule has 0 unspecified atom stereocenters. The van der Waals surface area contributed by atoms with Crippen LogP contribution in [-0.2, 0) is 24.2 Å². The molecule has 0 saturated carbocycles. The first-order valence-corrected chi connectivity index (χ1v) is 9.99. The van der Waals surface area contributed by atoms with Crippen molar-refractivity contribution in [1.29, 1.82) is 0 Å². The van der Waals surface area contributed by atoms with Crippen LogP contribution in [0.2, 0.25) is 5.02 Å². The number of aromatic amines is 1. The topological polar surface area (TPSA) is 81.7 Å². The molecule has 150 valence electrons. The van der Waals surface area contributed by atoms with E-state index in [2.05, 4.69) is 14.8 Å². The van der Waals surface area contributed by atoms with E-state index in [1.54, 1.807) is 18.2 Å². The number of fused-ring (bicyclic) bond motifs is 1. The van der Waals surface area contributed by atoms with Crippen molar-refractivity contribution in [3.8, 4) is 5.75 Å². The number of aromatic nitrogens is 2. The number of benzene rings is 1. The van der Waals surface area contributed by atoms with Crippen LogP contribution in [0.25, 0.3) is 0 Å². The van der Waals surface area contributed by atoms with Gasteiger partial charge in [-0.3, -0.25) is 14.7 Å². The summed E-state index contributed by atoms with van der Waals surface area (Å²) in [6, 6.07) is 5.06. The number of anilines is 1. The maximum atomic E-state index is 12.6. The Morgan fingerprint density at radius 3 is 2.82 bits per heavy atom. The van der Waals surface area contributed by atoms with Gasteiger partial charge in [0.2, 0.25) is 5.95 Å². The summed E-state index contributed by atoms with van der Waals surface area (Å²) < 4.78 is 5.78. The van der Waals surface area contributed by atoms with Crippen molar-refractivity contribution in [1.82, 2.24) is 14.9 Å². The number of halogens is 1. The Labute approximate surface area is 168 Å². The van der Waals surface area contributed by atoms with Gasteiger partial charge in [0.25, 0.3) is 5.56 Å². The van der Waals surface area contributed by atoms with Crippen LogP contribution in [0.15, 0.2) is 23.0 Å². The van der Waals surface area contributed by atoms with E-state index in [1.165, 1.54) is 0 Å². The molecular weight excluding hydrogens is 380 g/mol. The zero-order valence-corrected chi connectivity index (χ0v) is 16.9. The van der Waals surface area contributed by atoms with Gasteiger partial charge >= 0.3 is 0 Å². The van der Waals surface area contributed by atoms with Gasteiger partial charge in [0, 0.05) is 48.9 Å². The largest absolute Gasteiger partial charge is 0.508 e. The number of ether oxygens (including phenoxy) is 1. The Balaban J connectivity index is 1.56. The third-order valence-electron chi connectivity index (χ3n) is 5.29. The second kappa shape index (κ2) is 7.73. The minimum Gasteiger partial charge on any atom is -0.508 e. The standard InChI is InChI=1S/C20H25ClN4O3/c1-12-8-25(9-13(2)28-12)20-22-17-11-24(6-5-16(17)19(27)23-20)10-14-7-15(21)3-4-18(14)26/h3-4,7,12-13,26H,5-6,8-11H2,1-2H3,(H,22,23,27)/t12-,13-/m0/s1. The van der Waals surface area contributed by atoms with E-state index in [-0.39, 0.29) is 23.5 Å². The average Bonchev–Trinajstić information content (AvgIpc) is 2.63. The molecule has 2 N–H and O–H groups in total. The molecule has 1 saturated heterocycles. The van der Waals surface area contributed by atoms with Crippen molar-refractivity contribution in [2.75, 3.05) is 24.5 Å². The Morgan fingerprint density at radius 1 is 1.32 bits per heavy atom. The molecule has 1 fully saturated rings. The summed E-state index contributed by atoms with van der Waals surface area (Å²) in [5, 5.41) is 10.7. The summed E-state index contributed by atoms with van der Waals surface area (Å²) in [6.07, 6.45) is 0.814. The molecule has 0 bridgehead atoms. The van der Waals surface area contributed by atoms with Gasteiger partial charge in [0.05, 0.1) is 17.9 Å². The van der Waals surface area contributed by atoms with Gasteiger partial charge in [0.1, 0.15) is 5.75 Å². The van der Waals surface area contributed by atoms with Gasteiger partial charge in [-0.25, -0.2) is 4.98 Å². The third kappa shape index (κ3) is 4.01. The summed E-state index contributed by atoms with van der Waals surface area (Å²) in [5.74, 6) is 0.837. The highest BCUT2D eigenvalue weighted by molar-refractivity contribution is 6.30. The number of hydrogen-bond acceptors (Lipinski definition) is 6. The number of hydrogen-bond donors (Lipinski definition) is 2. The molecule has 4 rings (SSSR count). The van der Waals surface area contributed by atoms with Crippen LogP contribution in [-0.4, -0.2) is 51.8 Å². The Hall–Kier alpha value is -2.09. The maximum Gasteiger partial charge on any atom is 0.255 e. The summed E-state index contributed by atoms with van der Waals surface area (Å²) in [5.41, 5.74) is 2.27. The van der Waals surface area contributed by atoms with Crippen LogP contribution in [0.4, 0.5) is 5.95 Å². The van der Waals surface area contributed by atoms with Gasteiger partial charge in [0.15, 0.2) is 0 Å².